The lowest BCUT2D eigenvalue weighted by Gasteiger charge is -2.12. The Hall–Kier alpha value is -2.95. The molecule has 0 spiro atoms. The monoisotopic (exact) mass is 322 g/mol. The molecule has 0 amide bonds. The fourth-order valence-corrected chi connectivity index (χ4v) is 2.60. The lowest BCUT2D eigenvalue weighted by atomic mass is 10.2. The summed E-state index contributed by atoms with van der Waals surface area (Å²) >= 11 is 0. The van der Waals surface area contributed by atoms with E-state index >= 15 is 0 Å². The third-order valence-corrected chi connectivity index (χ3v) is 3.85. The number of hydrogen-bond acceptors (Lipinski definition) is 2. The number of nitrogens with one attached hydrogen (secondary N) is 3. The molecule has 0 aliphatic heterocycles. The van der Waals surface area contributed by atoms with Crippen LogP contribution in [-0.2, 0) is 13.1 Å². The largest absolute Gasteiger partial charge is 0.497 e. The molecule has 5 nitrogen and oxygen atoms in total. The molecule has 0 bridgehead atoms. The number of hydrogen-bond donors (Lipinski definition) is 3. The second-order valence-electron chi connectivity index (χ2n) is 5.51. The molecule has 1 heterocycles. The van der Waals surface area contributed by atoms with Gasteiger partial charge >= 0.3 is 0 Å². The zero-order chi connectivity index (χ0) is 16.8. The zero-order valence-corrected chi connectivity index (χ0v) is 14.0. The van der Waals surface area contributed by atoms with Gasteiger partial charge in [-0.1, -0.05) is 30.3 Å². The smallest absolute Gasteiger partial charge is 0.191 e. The molecule has 124 valence electrons. The Bertz CT molecular complexity index is 805. The Labute approximate surface area is 141 Å². The minimum atomic E-state index is 0.684. The van der Waals surface area contributed by atoms with E-state index in [9.17, 15) is 0 Å². The maximum atomic E-state index is 5.24. The minimum Gasteiger partial charge on any atom is -0.497 e. The molecule has 3 N–H and O–H groups in total. The number of H-pyrrole nitrogens is 1. The first-order valence-corrected chi connectivity index (χ1v) is 7.92. The van der Waals surface area contributed by atoms with Crippen molar-refractivity contribution in [3.8, 4) is 5.75 Å². The molecule has 3 rings (SSSR count). The van der Waals surface area contributed by atoms with Crippen LogP contribution in [-0.4, -0.2) is 25.1 Å². The summed E-state index contributed by atoms with van der Waals surface area (Å²) in [5.74, 6) is 1.62. The quantitative estimate of drug-likeness (QED) is 0.500. The standard InChI is InChI=1S/C19H22N4O/c1-20-19(21-12-14-6-5-8-17(10-14)24-2)22-13-16-11-15-7-3-4-9-18(15)23-16/h3-11,23H,12-13H2,1-2H3,(H2,20,21,22). The average molecular weight is 322 g/mol. The van der Waals surface area contributed by atoms with E-state index in [4.69, 9.17) is 4.74 Å². The highest BCUT2D eigenvalue weighted by Gasteiger charge is 2.03. The first kappa shape index (κ1) is 15.9. The number of rotatable bonds is 5. The van der Waals surface area contributed by atoms with Crippen molar-refractivity contribution in [1.29, 1.82) is 0 Å². The van der Waals surface area contributed by atoms with Crippen molar-refractivity contribution in [3.63, 3.8) is 0 Å². The molecule has 5 heteroatoms. The van der Waals surface area contributed by atoms with Crippen molar-refractivity contribution in [2.45, 2.75) is 13.1 Å². The topological polar surface area (TPSA) is 61.4 Å². The summed E-state index contributed by atoms with van der Waals surface area (Å²) in [5.41, 5.74) is 3.41. The number of aromatic amines is 1. The van der Waals surface area contributed by atoms with Crippen LogP contribution < -0.4 is 15.4 Å². The van der Waals surface area contributed by atoms with Gasteiger partial charge < -0.3 is 20.4 Å². The Morgan fingerprint density at radius 2 is 1.88 bits per heavy atom. The highest BCUT2D eigenvalue weighted by Crippen LogP contribution is 2.14. The highest BCUT2D eigenvalue weighted by atomic mass is 16.5. The van der Waals surface area contributed by atoms with E-state index in [0.717, 1.165) is 28.5 Å². The number of nitrogens with zero attached hydrogens (tertiary/aromatic N) is 1. The Morgan fingerprint density at radius 1 is 1.04 bits per heavy atom. The van der Waals surface area contributed by atoms with Gasteiger partial charge in [0.1, 0.15) is 5.75 Å². The second kappa shape index (κ2) is 7.55. The Morgan fingerprint density at radius 3 is 2.67 bits per heavy atom. The maximum Gasteiger partial charge on any atom is 0.191 e. The van der Waals surface area contributed by atoms with Crippen LogP contribution in [0.2, 0.25) is 0 Å². The van der Waals surface area contributed by atoms with Gasteiger partial charge in [-0.2, -0.15) is 0 Å². The molecule has 1 aromatic heterocycles. The van der Waals surface area contributed by atoms with E-state index in [0.29, 0.717) is 13.1 Å². The number of ether oxygens (including phenoxy) is 1. The highest BCUT2D eigenvalue weighted by molar-refractivity contribution is 5.81. The number of methoxy groups -OCH3 is 1. The summed E-state index contributed by atoms with van der Waals surface area (Å²) in [7, 11) is 3.44. The number of para-hydroxylation sites is 1. The van der Waals surface area contributed by atoms with Gasteiger partial charge in [0, 0.05) is 24.8 Å². The normalized spacial score (nSPS) is 11.5. The van der Waals surface area contributed by atoms with E-state index in [2.05, 4.69) is 44.9 Å². The number of benzene rings is 2. The minimum absolute atomic E-state index is 0.684. The van der Waals surface area contributed by atoms with Crippen molar-refractivity contribution in [3.05, 3.63) is 65.9 Å². The molecule has 24 heavy (non-hydrogen) atoms. The molecular formula is C19H22N4O. The molecule has 0 atom stereocenters. The Kier molecular flexibility index (Phi) is 5.01. The van der Waals surface area contributed by atoms with E-state index in [1.54, 1.807) is 14.2 Å². The third kappa shape index (κ3) is 3.87. The second-order valence-corrected chi connectivity index (χ2v) is 5.51. The van der Waals surface area contributed by atoms with Crippen LogP contribution in [0.5, 0.6) is 5.75 Å². The first-order valence-electron chi connectivity index (χ1n) is 7.92. The van der Waals surface area contributed by atoms with Gasteiger partial charge in [-0.25, -0.2) is 0 Å². The van der Waals surface area contributed by atoms with E-state index in [1.165, 1.54) is 5.39 Å². The zero-order valence-electron chi connectivity index (χ0n) is 14.0. The van der Waals surface area contributed by atoms with Crippen LogP contribution in [0.25, 0.3) is 10.9 Å². The first-order chi connectivity index (χ1) is 11.8. The third-order valence-electron chi connectivity index (χ3n) is 3.85. The molecule has 0 saturated carbocycles. The van der Waals surface area contributed by atoms with Crippen LogP contribution in [0.15, 0.2) is 59.6 Å². The van der Waals surface area contributed by atoms with Crippen molar-refractivity contribution in [2.24, 2.45) is 4.99 Å². The summed E-state index contributed by atoms with van der Waals surface area (Å²) in [5, 5.41) is 7.85. The Balaban J connectivity index is 1.56. The lowest BCUT2D eigenvalue weighted by Crippen LogP contribution is -2.36. The number of guanidine groups is 1. The molecule has 0 unspecified atom stereocenters. The predicted molar refractivity (Wildman–Crippen MR) is 98.3 cm³/mol. The van der Waals surface area contributed by atoms with Gasteiger partial charge in [0.25, 0.3) is 0 Å². The van der Waals surface area contributed by atoms with Crippen LogP contribution >= 0.6 is 0 Å². The number of fused-ring (bicyclic) bond motifs is 1. The molecule has 2 aromatic carbocycles. The number of aliphatic imine (C=N–C) groups is 1. The van der Waals surface area contributed by atoms with Crippen molar-refractivity contribution in [1.82, 2.24) is 15.6 Å². The fourth-order valence-electron chi connectivity index (χ4n) is 2.60. The van der Waals surface area contributed by atoms with Crippen LogP contribution in [0, 0.1) is 0 Å². The summed E-state index contributed by atoms with van der Waals surface area (Å²) in [6, 6.07) is 18.4. The van der Waals surface area contributed by atoms with Crippen molar-refractivity contribution >= 4 is 16.9 Å². The summed E-state index contributed by atoms with van der Waals surface area (Å²) in [4.78, 5) is 7.67. The molecule has 3 aromatic rings. The van der Waals surface area contributed by atoms with Gasteiger partial charge in [0.2, 0.25) is 0 Å². The molecule has 0 radical (unpaired) electrons. The van der Waals surface area contributed by atoms with E-state index in [-0.39, 0.29) is 0 Å². The van der Waals surface area contributed by atoms with Crippen molar-refractivity contribution < 1.29 is 4.74 Å². The van der Waals surface area contributed by atoms with Crippen LogP contribution in [0.4, 0.5) is 0 Å². The van der Waals surface area contributed by atoms with Gasteiger partial charge in [0.05, 0.1) is 13.7 Å². The van der Waals surface area contributed by atoms with Crippen molar-refractivity contribution in [2.75, 3.05) is 14.2 Å². The molecule has 0 aliphatic rings. The van der Waals surface area contributed by atoms with Gasteiger partial charge in [0.15, 0.2) is 5.96 Å². The van der Waals surface area contributed by atoms with Crippen LogP contribution in [0.1, 0.15) is 11.3 Å². The number of aromatic nitrogens is 1. The summed E-state index contributed by atoms with van der Waals surface area (Å²) in [6.07, 6.45) is 0. The fraction of sp³-hybridized carbons (Fsp3) is 0.211. The summed E-state index contributed by atoms with van der Waals surface area (Å²) < 4.78 is 5.24. The molecule has 0 aliphatic carbocycles. The van der Waals surface area contributed by atoms with Gasteiger partial charge in [-0.15, -0.1) is 0 Å². The van der Waals surface area contributed by atoms with E-state index < -0.39 is 0 Å². The molecular weight excluding hydrogens is 300 g/mol. The maximum absolute atomic E-state index is 5.24. The molecule has 0 saturated heterocycles. The van der Waals surface area contributed by atoms with Crippen LogP contribution in [0.3, 0.4) is 0 Å². The predicted octanol–water partition coefficient (Wildman–Crippen LogP) is 3.04. The summed E-state index contributed by atoms with van der Waals surface area (Å²) in [6.45, 7) is 1.37. The lowest BCUT2D eigenvalue weighted by molar-refractivity contribution is 0.414. The molecule has 0 fully saturated rings. The SMILES string of the molecule is CN=C(NCc1cccc(OC)c1)NCc1cc2ccccc2[nH]1. The van der Waals surface area contributed by atoms with Gasteiger partial charge in [-0.05, 0) is 35.2 Å². The average Bonchev–Trinajstić information content (AvgIpc) is 3.05. The van der Waals surface area contributed by atoms with E-state index in [1.807, 2.05) is 30.3 Å². The van der Waals surface area contributed by atoms with Gasteiger partial charge in [-0.3, -0.25) is 4.99 Å².